The van der Waals surface area contributed by atoms with Gasteiger partial charge in [0.2, 0.25) is 15.9 Å². The standard InChI is InChI=1S/C23H30N4O5S/c1-16(2)25-23(29)18-7-8-21(17(3)13-18)24-15-22(28)26-19-5-4-6-20(14-19)33(30,31)27-9-11-32-12-10-27/h4-8,13-14,16,24H,9-12,15H2,1-3H3,(H,25,29)(H,26,28). The lowest BCUT2D eigenvalue weighted by molar-refractivity contribution is -0.114. The summed E-state index contributed by atoms with van der Waals surface area (Å²) < 4.78 is 32.3. The van der Waals surface area contributed by atoms with Gasteiger partial charge in [-0.3, -0.25) is 9.59 Å². The van der Waals surface area contributed by atoms with Gasteiger partial charge < -0.3 is 20.7 Å². The van der Waals surface area contributed by atoms with Crippen molar-refractivity contribution in [3.63, 3.8) is 0 Å². The number of hydrogen-bond donors (Lipinski definition) is 3. The number of benzene rings is 2. The van der Waals surface area contributed by atoms with Gasteiger partial charge in [0, 0.05) is 36.1 Å². The van der Waals surface area contributed by atoms with Gasteiger partial charge in [-0.15, -0.1) is 0 Å². The van der Waals surface area contributed by atoms with Crippen molar-refractivity contribution < 1.29 is 22.7 Å². The Bertz CT molecular complexity index is 1110. The van der Waals surface area contributed by atoms with E-state index in [0.29, 0.717) is 37.6 Å². The Hall–Kier alpha value is -2.95. The molecule has 1 aliphatic rings. The minimum atomic E-state index is -3.65. The number of nitrogens with one attached hydrogen (secondary N) is 3. The summed E-state index contributed by atoms with van der Waals surface area (Å²) in [5, 5.41) is 8.62. The van der Waals surface area contributed by atoms with Crippen molar-refractivity contribution in [2.75, 3.05) is 43.5 Å². The number of ether oxygens (including phenoxy) is 1. The zero-order chi connectivity index (χ0) is 24.0. The molecule has 0 bridgehead atoms. The Morgan fingerprint density at radius 1 is 1.09 bits per heavy atom. The number of anilines is 2. The molecule has 10 heteroatoms. The van der Waals surface area contributed by atoms with Crippen LogP contribution in [0.5, 0.6) is 0 Å². The molecular formula is C23H30N4O5S. The van der Waals surface area contributed by atoms with E-state index in [1.165, 1.54) is 16.4 Å². The summed E-state index contributed by atoms with van der Waals surface area (Å²) in [6, 6.07) is 11.5. The van der Waals surface area contributed by atoms with E-state index in [9.17, 15) is 18.0 Å². The van der Waals surface area contributed by atoms with Gasteiger partial charge in [0.05, 0.1) is 24.7 Å². The summed E-state index contributed by atoms with van der Waals surface area (Å²) in [7, 11) is -3.65. The van der Waals surface area contributed by atoms with Crippen LogP contribution in [0.2, 0.25) is 0 Å². The Kier molecular flexibility index (Phi) is 8.06. The summed E-state index contributed by atoms with van der Waals surface area (Å²) in [5.74, 6) is -0.471. The van der Waals surface area contributed by atoms with Crippen molar-refractivity contribution >= 4 is 33.2 Å². The quantitative estimate of drug-likeness (QED) is 0.540. The molecule has 1 aliphatic heterocycles. The first kappa shape index (κ1) is 24.7. The van der Waals surface area contributed by atoms with E-state index in [-0.39, 0.29) is 29.3 Å². The molecule has 1 fully saturated rings. The normalized spacial score (nSPS) is 14.7. The van der Waals surface area contributed by atoms with Crippen LogP contribution in [-0.4, -0.2) is 63.4 Å². The predicted octanol–water partition coefficient (Wildman–Crippen LogP) is 2.20. The molecular weight excluding hydrogens is 444 g/mol. The lowest BCUT2D eigenvalue weighted by Crippen LogP contribution is -2.40. The van der Waals surface area contributed by atoms with Crippen LogP contribution in [-0.2, 0) is 19.6 Å². The molecule has 1 saturated heterocycles. The molecule has 3 N–H and O–H groups in total. The van der Waals surface area contributed by atoms with Crippen LogP contribution in [0.1, 0.15) is 29.8 Å². The largest absolute Gasteiger partial charge is 0.379 e. The molecule has 3 rings (SSSR count). The highest BCUT2D eigenvalue weighted by molar-refractivity contribution is 7.89. The second kappa shape index (κ2) is 10.8. The molecule has 0 aromatic heterocycles. The molecule has 9 nitrogen and oxygen atoms in total. The molecule has 2 aromatic rings. The number of nitrogens with zero attached hydrogens (tertiary/aromatic N) is 1. The van der Waals surface area contributed by atoms with Gasteiger partial charge >= 0.3 is 0 Å². The Morgan fingerprint density at radius 3 is 2.48 bits per heavy atom. The first-order chi connectivity index (χ1) is 15.7. The van der Waals surface area contributed by atoms with E-state index in [2.05, 4.69) is 16.0 Å². The minimum Gasteiger partial charge on any atom is -0.379 e. The van der Waals surface area contributed by atoms with Crippen LogP contribution in [0.4, 0.5) is 11.4 Å². The van der Waals surface area contributed by atoms with Crippen LogP contribution >= 0.6 is 0 Å². The fourth-order valence-electron chi connectivity index (χ4n) is 3.40. The maximum absolute atomic E-state index is 12.8. The molecule has 0 spiro atoms. The third-order valence-electron chi connectivity index (χ3n) is 5.07. The van der Waals surface area contributed by atoms with Crippen LogP contribution < -0.4 is 16.0 Å². The summed E-state index contributed by atoms with van der Waals surface area (Å²) in [6.07, 6.45) is 0. The van der Waals surface area contributed by atoms with Crippen LogP contribution in [0.25, 0.3) is 0 Å². The van der Waals surface area contributed by atoms with Crippen molar-refractivity contribution in [3.8, 4) is 0 Å². The molecule has 2 aromatic carbocycles. The molecule has 33 heavy (non-hydrogen) atoms. The van der Waals surface area contributed by atoms with Gasteiger partial charge in [0.25, 0.3) is 5.91 Å². The third-order valence-corrected chi connectivity index (χ3v) is 6.97. The van der Waals surface area contributed by atoms with Gasteiger partial charge in [0.15, 0.2) is 0 Å². The number of carbonyl (C=O) groups is 2. The number of aryl methyl sites for hydroxylation is 1. The number of sulfonamides is 1. The summed E-state index contributed by atoms with van der Waals surface area (Å²) in [5.41, 5.74) is 2.51. The van der Waals surface area contributed by atoms with Crippen molar-refractivity contribution in [2.24, 2.45) is 0 Å². The van der Waals surface area contributed by atoms with Crippen LogP contribution in [0.15, 0.2) is 47.4 Å². The van der Waals surface area contributed by atoms with E-state index < -0.39 is 10.0 Å². The van der Waals surface area contributed by atoms with Crippen LogP contribution in [0.3, 0.4) is 0 Å². The van der Waals surface area contributed by atoms with Gasteiger partial charge in [0.1, 0.15) is 0 Å². The smallest absolute Gasteiger partial charge is 0.251 e. The second-order valence-electron chi connectivity index (χ2n) is 8.10. The Balaban J connectivity index is 1.60. The zero-order valence-corrected chi connectivity index (χ0v) is 19.9. The number of rotatable bonds is 8. The topological polar surface area (TPSA) is 117 Å². The number of carbonyl (C=O) groups excluding carboxylic acids is 2. The summed E-state index contributed by atoms with van der Waals surface area (Å²) in [4.78, 5) is 24.7. The first-order valence-electron chi connectivity index (χ1n) is 10.8. The zero-order valence-electron chi connectivity index (χ0n) is 19.1. The summed E-state index contributed by atoms with van der Waals surface area (Å²) in [6.45, 7) is 6.97. The van der Waals surface area contributed by atoms with Crippen molar-refractivity contribution in [3.05, 3.63) is 53.6 Å². The van der Waals surface area contributed by atoms with Gasteiger partial charge in [-0.1, -0.05) is 6.07 Å². The van der Waals surface area contributed by atoms with E-state index >= 15 is 0 Å². The predicted molar refractivity (Wildman–Crippen MR) is 127 cm³/mol. The molecule has 0 radical (unpaired) electrons. The SMILES string of the molecule is Cc1cc(C(=O)NC(C)C)ccc1NCC(=O)Nc1cccc(S(=O)(=O)N2CCOCC2)c1. The van der Waals surface area contributed by atoms with Crippen molar-refractivity contribution in [1.82, 2.24) is 9.62 Å². The highest BCUT2D eigenvalue weighted by atomic mass is 32.2. The van der Waals surface area contributed by atoms with Gasteiger partial charge in [-0.05, 0) is 62.7 Å². The van der Waals surface area contributed by atoms with E-state index in [1.54, 1.807) is 30.3 Å². The van der Waals surface area contributed by atoms with Crippen molar-refractivity contribution in [1.29, 1.82) is 0 Å². The average Bonchev–Trinajstić information content (AvgIpc) is 2.78. The Morgan fingerprint density at radius 2 is 1.82 bits per heavy atom. The van der Waals surface area contributed by atoms with Gasteiger partial charge in [-0.2, -0.15) is 4.31 Å². The highest BCUT2D eigenvalue weighted by Crippen LogP contribution is 2.21. The minimum absolute atomic E-state index is 0.0151. The van der Waals surface area contributed by atoms with Crippen molar-refractivity contribution in [2.45, 2.75) is 31.7 Å². The maximum atomic E-state index is 12.8. The molecule has 0 atom stereocenters. The molecule has 178 valence electrons. The lowest BCUT2D eigenvalue weighted by Gasteiger charge is -2.26. The number of morpholine rings is 1. The van der Waals surface area contributed by atoms with E-state index in [1.807, 2.05) is 20.8 Å². The van der Waals surface area contributed by atoms with E-state index in [4.69, 9.17) is 4.74 Å². The van der Waals surface area contributed by atoms with E-state index in [0.717, 1.165) is 11.3 Å². The molecule has 0 aliphatic carbocycles. The third kappa shape index (κ3) is 6.53. The maximum Gasteiger partial charge on any atom is 0.251 e. The molecule has 2 amide bonds. The monoisotopic (exact) mass is 474 g/mol. The number of amides is 2. The summed E-state index contributed by atoms with van der Waals surface area (Å²) >= 11 is 0. The average molecular weight is 475 g/mol. The van der Waals surface area contributed by atoms with Crippen LogP contribution in [0, 0.1) is 6.92 Å². The number of hydrogen-bond acceptors (Lipinski definition) is 6. The van der Waals surface area contributed by atoms with Gasteiger partial charge in [-0.25, -0.2) is 8.42 Å². The second-order valence-corrected chi connectivity index (χ2v) is 10.0. The lowest BCUT2D eigenvalue weighted by atomic mass is 10.1. The molecule has 1 heterocycles. The Labute approximate surface area is 194 Å². The highest BCUT2D eigenvalue weighted by Gasteiger charge is 2.26. The fourth-order valence-corrected chi connectivity index (χ4v) is 4.85. The molecule has 0 saturated carbocycles. The molecule has 0 unspecified atom stereocenters. The first-order valence-corrected chi connectivity index (χ1v) is 12.2. The fraction of sp³-hybridized carbons (Fsp3) is 0.391.